The van der Waals surface area contributed by atoms with Crippen molar-refractivity contribution in [2.75, 3.05) is 37.6 Å². The number of nitrogens with two attached hydrogens (primary N) is 1. The molecule has 1 amide bonds. The van der Waals surface area contributed by atoms with Gasteiger partial charge in [-0.2, -0.15) is 0 Å². The lowest BCUT2D eigenvalue weighted by molar-refractivity contribution is -0.125. The molecule has 1 unspecified atom stereocenters. The van der Waals surface area contributed by atoms with E-state index in [0.717, 1.165) is 44.0 Å². The molecule has 22 heavy (non-hydrogen) atoms. The van der Waals surface area contributed by atoms with Crippen LogP contribution in [0.3, 0.4) is 0 Å². The summed E-state index contributed by atoms with van der Waals surface area (Å²) in [5, 5.41) is 0. The Morgan fingerprint density at radius 3 is 2.77 bits per heavy atom. The highest BCUT2D eigenvalue weighted by molar-refractivity contribution is 5.80. The topological polar surface area (TPSA) is 58.8 Å². The summed E-state index contributed by atoms with van der Waals surface area (Å²) < 4.78 is 5.92. The van der Waals surface area contributed by atoms with Crippen molar-refractivity contribution in [3.8, 4) is 5.75 Å². The van der Waals surface area contributed by atoms with E-state index in [1.807, 2.05) is 0 Å². The van der Waals surface area contributed by atoms with Crippen LogP contribution in [0.25, 0.3) is 0 Å². The van der Waals surface area contributed by atoms with Crippen molar-refractivity contribution in [2.45, 2.75) is 32.3 Å². The molecular weight excluding hydrogens is 278 g/mol. The second-order valence-electron chi connectivity index (χ2n) is 6.14. The number of primary amides is 1. The molecule has 0 spiro atoms. The molecule has 0 aromatic heterocycles. The molecule has 3 rings (SSSR count). The van der Waals surface area contributed by atoms with E-state index in [9.17, 15) is 4.79 Å². The second-order valence-corrected chi connectivity index (χ2v) is 6.14. The molecule has 0 saturated carbocycles. The Morgan fingerprint density at radius 2 is 2.09 bits per heavy atom. The van der Waals surface area contributed by atoms with Gasteiger partial charge in [-0.05, 0) is 37.4 Å². The quantitative estimate of drug-likeness (QED) is 0.913. The largest absolute Gasteiger partial charge is 0.478 e. The molecule has 1 aromatic carbocycles. The van der Waals surface area contributed by atoms with Crippen LogP contribution in [0, 0.1) is 0 Å². The zero-order valence-corrected chi connectivity index (χ0v) is 13.3. The Labute approximate surface area is 132 Å². The Kier molecular flexibility index (Phi) is 4.52. The lowest BCUT2D eigenvalue weighted by atomic mass is 10.0. The third kappa shape index (κ3) is 3.04. The van der Waals surface area contributed by atoms with Gasteiger partial charge in [0.05, 0.1) is 5.69 Å². The van der Waals surface area contributed by atoms with E-state index in [2.05, 4.69) is 34.9 Å². The van der Waals surface area contributed by atoms with Crippen LogP contribution in [0.5, 0.6) is 5.75 Å². The summed E-state index contributed by atoms with van der Waals surface area (Å²) in [6.45, 7) is 7.55. The van der Waals surface area contributed by atoms with Crippen LogP contribution in [0.15, 0.2) is 18.2 Å². The molecular formula is C17H25N3O2. The van der Waals surface area contributed by atoms with Crippen molar-refractivity contribution in [2.24, 2.45) is 5.73 Å². The molecule has 5 heteroatoms. The monoisotopic (exact) mass is 303 g/mol. The van der Waals surface area contributed by atoms with Crippen molar-refractivity contribution in [3.05, 3.63) is 23.8 Å². The molecule has 2 aliphatic heterocycles. The van der Waals surface area contributed by atoms with Crippen molar-refractivity contribution in [1.82, 2.24) is 4.90 Å². The first-order chi connectivity index (χ1) is 10.7. The zero-order valence-electron chi connectivity index (χ0n) is 13.3. The number of para-hydroxylation sites is 1. The summed E-state index contributed by atoms with van der Waals surface area (Å²) in [6.07, 6.45) is 2.24. The summed E-state index contributed by atoms with van der Waals surface area (Å²) in [5.74, 6) is 0.495. The first-order valence-corrected chi connectivity index (χ1v) is 8.24. The van der Waals surface area contributed by atoms with Gasteiger partial charge < -0.3 is 15.4 Å². The average Bonchev–Trinajstić information content (AvgIpc) is 2.55. The van der Waals surface area contributed by atoms with Gasteiger partial charge in [0.15, 0.2) is 6.10 Å². The minimum Gasteiger partial charge on any atom is -0.478 e. The number of aryl methyl sites for hydroxylation is 1. The van der Waals surface area contributed by atoms with Gasteiger partial charge in [-0.25, -0.2) is 0 Å². The number of hydrogen-bond acceptors (Lipinski definition) is 4. The number of rotatable bonds is 4. The summed E-state index contributed by atoms with van der Waals surface area (Å²) in [6, 6.07) is 6.27. The van der Waals surface area contributed by atoms with Gasteiger partial charge >= 0.3 is 0 Å². The highest BCUT2D eigenvalue weighted by Gasteiger charge is 2.28. The molecule has 1 aromatic rings. The molecule has 1 saturated heterocycles. The van der Waals surface area contributed by atoms with E-state index in [-0.39, 0.29) is 5.91 Å². The third-order valence-corrected chi connectivity index (χ3v) is 4.58. The van der Waals surface area contributed by atoms with Crippen LogP contribution in [-0.4, -0.2) is 49.6 Å². The first kappa shape index (κ1) is 15.2. The Morgan fingerprint density at radius 1 is 1.32 bits per heavy atom. The maximum atomic E-state index is 11.4. The van der Waals surface area contributed by atoms with E-state index in [0.29, 0.717) is 6.42 Å². The van der Waals surface area contributed by atoms with Crippen LogP contribution >= 0.6 is 0 Å². The standard InChI is InChI=1S/C17H25N3O2/c1-2-8-19-9-11-20(12-10-19)14-5-3-4-13-6-7-15(17(18)21)22-16(13)14/h3-5,15H,2,6-12H2,1H3,(H2,18,21). The summed E-state index contributed by atoms with van der Waals surface area (Å²) in [7, 11) is 0. The minimum absolute atomic E-state index is 0.367. The first-order valence-electron chi connectivity index (χ1n) is 8.24. The zero-order chi connectivity index (χ0) is 15.5. The summed E-state index contributed by atoms with van der Waals surface area (Å²) in [4.78, 5) is 16.3. The van der Waals surface area contributed by atoms with Crippen molar-refractivity contribution >= 4 is 11.6 Å². The molecule has 0 radical (unpaired) electrons. The van der Waals surface area contributed by atoms with Gasteiger partial charge in [-0.3, -0.25) is 9.69 Å². The predicted molar refractivity (Wildman–Crippen MR) is 87.3 cm³/mol. The minimum atomic E-state index is -0.491. The number of fused-ring (bicyclic) bond motifs is 1. The van der Waals surface area contributed by atoms with E-state index in [1.54, 1.807) is 0 Å². The van der Waals surface area contributed by atoms with Crippen molar-refractivity contribution in [1.29, 1.82) is 0 Å². The van der Waals surface area contributed by atoms with Crippen LogP contribution in [0.4, 0.5) is 5.69 Å². The van der Waals surface area contributed by atoms with E-state index >= 15 is 0 Å². The number of anilines is 1. The number of carbonyl (C=O) groups is 1. The summed E-state index contributed by atoms with van der Waals surface area (Å²) in [5.41, 5.74) is 7.72. The van der Waals surface area contributed by atoms with Gasteiger partial charge in [0.2, 0.25) is 0 Å². The number of carbonyl (C=O) groups excluding carboxylic acids is 1. The van der Waals surface area contributed by atoms with E-state index in [4.69, 9.17) is 10.5 Å². The number of nitrogens with zero attached hydrogens (tertiary/aromatic N) is 2. The van der Waals surface area contributed by atoms with Crippen LogP contribution in [0.2, 0.25) is 0 Å². The molecule has 120 valence electrons. The maximum absolute atomic E-state index is 11.4. The predicted octanol–water partition coefficient (Wildman–Crippen LogP) is 1.40. The van der Waals surface area contributed by atoms with Crippen molar-refractivity contribution < 1.29 is 9.53 Å². The fraction of sp³-hybridized carbons (Fsp3) is 0.588. The Bertz CT molecular complexity index is 539. The number of ether oxygens (including phenoxy) is 1. The van der Waals surface area contributed by atoms with Gasteiger partial charge in [0, 0.05) is 26.2 Å². The summed E-state index contributed by atoms with van der Waals surface area (Å²) >= 11 is 0. The number of amides is 1. The number of benzene rings is 1. The molecule has 2 heterocycles. The second kappa shape index (κ2) is 6.57. The fourth-order valence-electron chi connectivity index (χ4n) is 3.37. The van der Waals surface area contributed by atoms with E-state index in [1.165, 1.54) is 18.5 Å². The SMILES string of the molecule is CCCN1CCN(c2cccc3c2OC(C(N)=O)CC3)CC1. The van der Waals surface area contributed by atoms with Crippen LogP contribution in [-0.2, 0) is 11.2 Å². The molecule has 0 bridgehead atoms. The normalized spacial score (nSPS) is 22.0. The van der Waals surface area contributed by atoms with Gasteiger partial charge in [-0.1, -0.05) is 19.1 Å². The molecule has 0 aliphatic carbocycles. The molecule has 2 aliphatic rings. The highest BCUT2D eigenvalue weighted by atomic mass is 16.5. The fourth-order valence-corrected chi connectivity index (χ4v) is 3.37. The van der Waals surface area contributed by atoms with Crippen molar-refractivity contribution in [3.63, 3.8) is 0 Å². The Balaban J connectivity index is 1.77. The average molecular weight is 303 g/mol. The number of piperazine rings is 1. The molecule has 1 fully saturated rings. The van der Waals surface area contributed by atoms with Gasteiger partial charge in [0.1, 0.15) is 5.75 Å². The van der Waals surface area contributed by atoms with Crippen LogP contribution in [0.1, 0.15) is 25.3 Å². The Hall–Kier alpha value is -1.75. The molecule has 1 atom stereocenters. The molecule has 5 nitrogen and oxygen atoms in total. The maximum Gasteiger partial charge on any atom is 0.258 e. The lowest BCUT2D eigenvalue weighted by Gasteiger charge is -2.38. The van der Waals surface area contributed by atoms with Gasteiger partial charge in [0.25, 0.3) is 5.91 Å². The number of hydrogen-bond donors (Lipinski definition) is 1. The smallest absolute Gasteiger partial charge is 0.258 e. The highest BCUT2D eigenvalue weighted by Crippen LogP contribution is 2.37. The van der Waals surface area contributed by atoms with Gasteiger partial charge in [-0.15, -0.1) is 0 Å². The van der Waals surface area contributed by atoms with E-state index < -0.39 is 6.10 Å². The third-order valence-electron chi connectivity index (χ3n) is 4.58. The van der Waals surface area contributed by atoms with Crippen LogP contribution < -0.4 is 15.4 Å². The molecule has 2 N–H and O–H groups in total. The lowest BCUT2D eigenvalue weighted by Crippen LogP contribution is -2.47.